The molecular formula is C13H20BrNO2. The number of aliphatic hydroxyl groups excluding tert-OH is 1. The average molecular weight is 302 g/mol. The van der Waals surface area contributed by atoms with Gasteiger partial charge in [0.05, 0.1) is 17.7 Å². The first-order valence-electron chi connectivity index (χ1n) is 5.83. The maximum atomic E-state index is 9.50. The molecule has 3 nitrogen and oxygen atoms in total. The van der Waals surface area contributed by atoms with Crippen LogP contribution in [0.5, 0.6) is 5.75 Å². The summed E-state index contributed by atoms with van der Waals surface area (Å²) in [7, 11) is 1.65. The smallest absolute Gasteiger partial charge is 0.133 e. The molecule has 0 aliphatic rings. The van der Waals surface area contributed by atoms with Crippen molar-refractivity contribution in [2.24, 2.45) is 0 Å². The maximum Gasteiger partial charge on any atom is 0.133 e. The standard InChI is InChI=1S/C13H20BrNO2/c1-4-11(16)8-15-9(2)10-5-6-13(17-3)12(14)7-10/h5-7,9,11,15-16H,4,8H2,1-3H3/t9?,11-/m1/s1. The second-order valence-corrected chi connectivity index (χ2v) is 4.94. The van der Waals surface area contributed by atoms with E-state index in [2.05, 4.69) is 28.2 Å². The first-order valence-corrected chi connectivity index (χ1v) is 6.62. The predicted molar refractivity (Wildman–Crippen MR) is 73.4 cm³/mol. The molecule has 4 heteroatoms. The Morgan fingerprint density at radius 3 is 2.71 bits per heavy atom. The van der Waals surface area contributed by atoms with Crippen molar-refractivity contribution in [3.05, 3.63) is 28.2 Å². The second kappa shape index (κ2) is 6.99. The minimum Gasteiger partial charge on any atom is -0.496 e. The molecule has 2 N–H and O–H groups in total. The van der Waals surface area contributed by atoms with Crippen molar-refractivity contribution < 1.29 is 9.84 Å². The number of hydrogen-bond donors (Lipinski definition) is 2. The number of aliphatic hydroxyl groups is 1. The zero-order chi connectivity index (χ0) is 12.8. The van der Waals surface area contributed by atoms with Crippen molar-refractivity contribution in [2.75, 3.05) is 13.7 Å². The minimum atomic E-state index is -0.279. The molecule has 0 radical (unpaired) electrons. The largest absolute Gasteiger partial charge is 0.496 e. The molecule has 1 rings (SSSR count). The van der Waals surface area contributed by atoms with Crippen molar-refractivity contribution in [1.82, 2.24) is 5.32 Å². The molecule has 0 saturated carbocycles. The zero-order valence-electron chi connectivity index (χ0n) is 10.5. The molecule has 0 aliphatic heterocycles. The highest BCUT2D eigenvalue weighted by Gasteiger charge is 2.09. The Morgan fingerprint density at radius 2 is 2.18 bits per heavy atom. The Kier molecular flexibility index (Phi) is 5.95. The summed E-state index contributed by atoms with van der Waals surface area (Å²) in [5, 5.41) is 12.8. The van der Waals surface area contributed by atoms with E-state index in [1.54, 1.807) is 7.11 Å². The van der Waals surface area contributed by atoms with Crippen molar-refractivity contribution in [3.8, 4) is 5.75 Å². The molecule has 1 unspecified atom stereocenters. The van der Waals surface area contributed by atoms with Crippen LogP contribution in [0.25, 0.3) is 0 Å². The number of rotatable bonds is 6. The lowest BCUT2D eigenvalue weighted by Crippen LogP contribution is -2.28. The summed E-state index contributed by atoms with van der Waals surface area (Å²) < 4.78 is 6.13. The lowest BCUT2D eigenvalue weighted by Gasteiger charge is -2.17. The van der Waals surface area contributed by atoms with Crippen LogP contribution in [-0.4, -0.2) is 24.9 Å². The molecule has 1 aromatic rings. The second-order valence-electron chi connectivity index (χ2n) is 4.09. The van der Waals surface area contributed by atoms with E-state index in [1.807, 2.05) is 25.1 Å². The SMILES string of the molecule is CC[C@@H](O)CNC(C)c1ccc(OC)c(Br)c1. The summed E-state index contributed by atoms with van der Waals surface area (Å²) in [5.41, 5.74) is 1.17. The third-order valence-corrected chi connectivity index (χ3v) is 3.43. The summed E-state index contributed by atoms with van der Waals surface area (Å²) in [6.45, 7) is 4.67. The van der Waals surface area contributed by atoms with Crippen LogP contribution in [0.2, 0.25) is 0 Å². The zero-order valence-corrected chi connectivity index (χ0v) is 12.1. The summed E-state index contributed by atoms with van der Waals surface area (Å²) in [6, 6.07) is 6.21. The number of benzene rings is 1. The molecule has 1 aromatic carbocycles. The van der Waals surface area contributed by atoms with Gasteiger partial charge in [-0.3, -0.25) is 0 Å². The summed E-state index contributed by atoms with van der Waals surface area (Å²) in [6.07, 6.45) is 0.491. The monoisotopic (exact) mass is 301 g/mol. The predicted octanol–water partition coefficient (Wildman–Crippen LogP) is 2.88. The van der Waals surface area contributed by atoms with Gasteiger partial charge in [0, 0.05) is 12.6 Å². The highest BCUT2D eigenvalue weighted by molar-refractivity contribution is 9.10. The Labute approximate surface area is 111 Å². The van der Waals surface area contributed by atoms with E-state index >= 15 is 0 Å². The summed E-state index contributed by atoms with van der Waals surface area (Å²) in [5.74, 6) is 0.828. The Morgan fingerprint density at radius 1 is 1.47 bits per heavy atom. The van der Waals surface area contributed by atoms with E-state index in [1.165, 1.54) is 5.56 Å². The molecular weight excluding hydrogens is 282 g/mol. The quantitative estimate of drug-likeness (QED) is 0.849. The molecule has 0 aliphatic carbocycles. The van der Waals surface area contributed by atoms with E-state index in [0.29, 0.717) is 6.54 Å². The third-order valence-electron chi connectivity index (χ3n) is 2.81. The minimum absolute atomic E-state index is 0.207. The van der Waals surface area contributed by atoms with Gasteiger partial charge in [-0.2, -0.15) is 0 Å². The van der Waals surface area contributed by atoms with Crippen LogP contribution in [0.3, 0.4) is 0 Å². The van der Waals surface area contributed by atoms with Gasteiger partial charge in [-0.15, -0.1) is 0 Å². The van der Waals surface area contributed by atoms with Crippen molar-refractivity contribution in [3.63, 3.8) is 0 Å². The highest BCUT2D eigenvalue weighted by Crippen LogP contribution is 2.27. The van der Waals surface area contributed by atoms with Gasteiger partial charge >= 0.3 is 0 Å². The Balaban J connectivity index is 2.63. The van der Waals surface area contributed by atoms with Crippen LogP contribution >= 0.6 is 15.9 Å². The summed E-state index contributed by atoms with van der Waals surface area (Å²) in [4.78, 5) is 0. The fourth-order valence-electron chi connectivity index (χ4n) is 1.53. The molecule has 0 bridgehead atoms. The molecule has 0 aromatic heterocycles. The number of methoxy groups -OCH3 is 1. The van der Waals surface area contributed by atoms with Gasteiger partial charge in [0.2, 0.25) is 0 Å². The van der Waals surface area contributed by atoms with E-state index in [4.69, 9.17) is 4.74 Å². The molecule has 0 fully saturated rings. The van der Waals surface area contributed by atoms with Crippen LogP contribution in [0.1, 0.15) is 31.9 Å². The average Bonchev–Trinajstić information content (AvgIpc) is 2.35. The first kappa shape index (κ1) is 14.5. The fourth-order valence-corrected chi connectivity index (χ4v) is 2.09. The topological polar surface area (TPSA) is 41.5 Å². The Hall–Kier alpha value is -0.580. The van der Waals surface area contributed by atoms with Crippen LogP contribution in [0.15, 0.2) is 22.7 Å². The van der Waals surface area contributed by atoms with Crippen LogP contribution in [0, 0.1) is 0 Å². The molecule has 0 heterocycles. The van der Waals surface area contributed by atoms with Crippen LogP contribution in [-0.2, 0) is 0 Å². The van der Waals surface area contributed by atoms with Crippen molar-refractivity contribution in [1.29, 1.82) is 0 Å². The van der Waals surface area contributed by atoms with E-state index in [9.17, 15) is 5.11 Å². The van der Waals surface area contributed by atoms with Gasteiger partial charge < -0.3 is 15.2 Å². The van der Waals surface area contributed by atoms with Crippen molar-refractivity contribution in [2.45, 2.75) is 32.4 Å². The molecule has 0 saturated heterocycles. The molecule has 2 atom stereocenters. The molecule has 17 heavy (non-hydrogen) atoms. The van der Waals surface area contributed by atoms with Crippen molar-refractivity contribution >= 4 is 15.9 Å². The van der Waals surface area contributed by atoms with Gasteiger partial charge in [-0.25, -0.2) is 0 Å². The molecule has 0 spiro atoms. The van der Waals surface area contributed by atoms with Gasteiger partial charge in [0.25, 0.3) is 0 Å². The summed E-state index contributed by atoms with van der Waals surface area (Å²) >= 11 is 3.47. The van der Waals surface area contributed by atoms with Gasteiger partial charge in [-0.05, 0) is 47.0 Å². The first-order chi connectivity index (χ1) is 8.08. The number of ether oxygens (including phenoxy) is 1. The number of hydrogen-bond acceptors (Lipinski definition) is 3. The third kappa shape index (κ3) is 4.30. The highest BCUT2D eigenvalue weighted by atomic mass is 79.9. The van der Waals surface area contributed by atoms with E-state index in [-0.39, 0.29) is 12.1 Å². The molecule has 0 amide bonds. The molecule has 96 valence electrons. The maximum absolute atomic E-state index is 9.50. The van der Waals surface area contributed by atoms with E-state index < -0.39 is 0 Å². The van der Waals surface area contributed by atoms with Gasteiger partial charge in [0.15, 0.2) is 0 Å². The normalized spacial score (nSPS) is 14.4. The number of nitrogens with one attached hydrogen (secondary N) is 1. The van der Waals surface area contributed by atoms with Crippen LogP contribution < -0.4 is 10.1 Å². The Bertz CT molecular complexity index is 357. The van der Waals surface area contributed by atoms with Gasteiger partial charge in [0.1, 0.15) is 5.75 Å². The fraction of sp³-hybridized carbons (Fsp3) is 0.538. The number of halogens is 1. The van der Waals surface area contributed by atoms with Crippen LogP contribution in [0.4, 0.5) is 0 Å². The van der Waals surface area contributed by atoms with E-state index in [0.717, 1.165) is 16.6 Å². The lowest BCUT2D eigenvalue weighted by atomic mass is 10.1. The van der Waals surface area contributed by atoms with Gasteiger partial charge in [-0.1, -0.05) is 13.0 Å². The lowest BCUT2D eigenvalue weighted by molar-refractivity contribution is 0.164.